The predicted molar refractivity (Wildman–Crippen MR) is 83.6 cm³/mol. The molecule has 0 fully saturated rings. The molecule has 2 aromatic rings. The predicted octanol–water partition coefficient (Wildman–Crippen LogP) is 3.68. The molecule has 0 aliphatic heterocycles. The van der Waals surface area contributed by atoms with Crippen molar-refractivity contribution in [3.63, 3.8) is 0 Å². The Labute approximate surface area is 125 Å². The van der Waals surface area contributed by atoms with E-state index in [1.54, 1.807) is 6.07 Å². The van der Waals surface area contributed by atoms with Crippen molar-refractivity contribution in [2.24, 2.45) is 0 Å². The minimum absolute atomic E-state index is 0.460. The van der Waals surface area contributed by atoms with E-state index in [9.17, 15) is 0 Å². The molecule has 110 valence electrons. The zero-order valence-corrected chi connectivity index (χ0v) is 12.4. The summed E-state index contributed by atoms with van der Waals surface area (Å²) in [5.74, 6) is 2.56. The average Bonchev–Trinajstić information content (AvgIpc) is 2.47. The molecule has 1 aliphatic rings. The van der Waals surface area contributed by atoms with Crippen LogP contribution < -0.4 is 10.5 Å². The van der Waals surface area contributed by atoms with Gasteiger partial charge < -0.3 is 10.5 Å². The lowest BCUT2D eigenvalue weighted by atomic mass is 9.92. The summed E-state index contributed by atoms with van der Waals surface area (Å²) >= 11 is 0. The number of hydrogen-bond acceptors (Lipinski definition) is 4. The van der Waals surface area contributed by atoms with Crippen molar-refractivity contribution in [3.05, 3.63) is 41.2 Å². The molecular formula is C17H21N3O. The van der Waals surface area contributed by atoms with Crippen molar-refractivity contribution in [2.45, 2.75) is 45.4 Å². The number of fused-ring (bicyclic) bond motifs is 1. The minimum atomic E-state index is 0.460. The molecule has 0 atom stereocenters. The van der Waals surface area contributed by atoms with Gasteiger partial charge in [0.1, 0.15) is 17.4 Å². The maximum Gasteiger partial charge on any atom is 0.224 e. The number of benzene rings is 1. The Kier molecular flexibility index (Phi) is 4.04. The van der Waals surface area contributed by atoms with Crippen molar-refractivity contribution >= 4 is 5.82 Å². The van der Waals surface area contributed by atoms with E-state index in [0.717, 1.165) is 30.8 Å². The van der Waals surface area contributed by atoms with Crippen LogP contribution in [-0.2, 0) is 19.3 Å². The van der Waals surface area contributed by atoms with Gasteiger partial charge in [0.2, 0.25) is 5.88 Å². The zero-order valence-electron chi connectivity index (χ0n) is 12.4. The van der Waals surface area contributed by atoms with Gasteiger partial charge in [-0.2, -0.15) is 4.98 Å². The molecule has 1 aromatic heterocycles. The standard InChI is InChI=1S/C17H21N3O/c1-2-5-16-19-15(18)11-17(20-16)21-14-9-8-12-6-3-4-7-13(12)10-14/h8-11H,2-7H2,1H3,(H2,18,19,20). The Bertz CT molecular complexity index is 640. The fourth-order valence-electron chi connectivity index (χ4n) is 2.77. The number of aromatic nitrogens is 2. The lowest BCUT2D eigenvalue weighted by molar-refractivity contribution is 0.457. The quantitative estimate of drug-likeness (QED) is 0.929. The topological polar surface area (TPSA) is 61.0 Å². The van der Waals surface area contributed by atoms with E-state index in [0.29, 0.717) is 11.7 Å². The van der Waals surface area contributed by atoms with Gasteiger partial charge >= 0.3 is 0 Å². The molecule has 0 radical (unpaired) electrons. The zero-order chi connectivity index (χ0) is 14.7. The van der Waals surface area contributed by atoms with Gasteiger partial charge in [0.05, 0.1) is 0 Å². The number of ether oxygens (including phenoxy) is 1. The Morgan fingerprint density at radius 1 is 1.10 bits per heavy atom. The maximum absolute atomic E-state index is 5.88. The fraction of sp³-hybridized carbons (Fsp3) is 0.412. The molecule has 1 heterocycles. The van der Waals surface area contributed by atoms with Gasteiger partial charge in [0, 0.05) is 12.5 Å². The van der Waals surface area contributed by atoms with Gasteiger partial charge in [-0.15, -0.1) is 0 Å². The third-order valence-electron chi connectivity index (χ3n) is 3.78. The second-order valence-corrected chi connectivity index (χ2v) is 5.54. The van der Waals surface area contributed by atoms with Crippen LogP contribution in [0.5, 0.6) is 11.6 Å². The average molecular weight is 283 g/mol. The summed E-state index contributed by atoms with van der Waals surface area (Å²) in [5, 5.41) is 0. The monoisotopic (exact) mass is 283 g/mol. The highest BCUT2D eigenvalue weighted by Crippen LogP contribution is 2.28. The molecular weight excluding hydrogens is 262 g/mol. The van der Waals surface area contributed by atoms with Crippen LogP contribution in [0, 0.1) is 0 Å². The number of nitrogens with two attached hydrogens (primary N) is 1. The largest absolute Gasteiger partial charge is 0.439 e. The molecule has 0 amide bonds. The van der Waals surface area contributed by atoms with E-state index >= 15 is 0 Å². The molecule has 0 unspecified atom stereocenters. The fourth-order valence-corrected chi connectivity index (χ4v) is 2.77. The molecule has 3 rings (SSSR count). The van der Waals surface area contributed by atoms with Crippen molar-refractivity contribution in [3.8, 4) is 11.6 Å². The highest BCUT2D eigenvalue weighted by molar-refractivity contribution is 5.40. The van der Waals surface area contributed by atoms with E-state index in [4.69, 9.17) is 10.5 Å². The van der Waals surface area contributed by atoms with Crippen LogP contribution in [0.2, 0.25) is 0 Å². The number of hydrogen-bond donors (Lipinski definition) is 1. The first-order valence-corrected chi connectivity index (χ1v) is 7.67. The van der Waals surface area contributed by atoms with Crippen molar-refractivity contribution in [1.29, 1.82) is 0 Å². The number of nitrogens with zero attached hydrogens (tertiary/aromatic N) is 2. The smallest absolute Gasteiger partial charge is 0.224 e. The van der Waals surface area contributed by atoms with E-state index in [1.165, 1.54) is 30.4 Å². The summed E-state index contributed by atoms with van der Waals surface area (Å²) in [4.78, 5) is 8.64. The summed E-state index contributed by atoms with van der Waals surface area (Å²) in [6, 6.07) is 7.99. The molecule has 2 N–H and O–H groups in total. The molecule has 1 aliphatic carbocycles. The number of rotatable bonds is 4. The van der Waals surface area contributed by atoms with Gasteiger partial charge in [-0.25, -0.2) is 4.98 Å². The van der Waals surface area contributed by atoms with Crippen LogP contribution >= 0.6 is 0 Å². The third-order valence-corrected chi connectivity index (χ3v) is 3.78. The Hall–Kier alpha value is -2.10. The minimum Gasteiger partial charge on any atom is -0.439 e. The van der Waals surface area contributed by atoms with E-state index in [-0.39, 0.29) is 0 Å². The second kappa shape index (κ2) is 6.12. The normalized spacial score (nSPS) is 13.8. The van der Waals surface area contributed by atoms with Crippen LogP contribution in [-0.4, -0.2) is 9.97 Å². The lowest BCUT2D eigenvalue weighted by Gasteiger charge is -2.16. The Morgan fingerprint density at radius 2 is 1.90 bits per heavy atom. The van der Waals surface area contributed by atoms with Gasteiger partial charge in [0.25, 0.3) is 0 Å². The molecule has 1 aromatic carbocycles. The van der Waals surface area contributed by atoms with E-state index < -0.39 is 0 Å². The summed E-state index contributed by atoms with van der Waals surface area (Å²) < 4.78 is 5.88. The first-order chi connectivity index (χ1) is 10.2. The number of aryl methyl sites for hydroxylation is 3. The molecule has 4 heteroatoms. The first-order valence-electron chi connectivity index (χ1n) is 7.67. The summed E-state index contributed by atoms with van der Waals surface area (Å²) in [6.07, 6.45) is 6.66. The lowest BCUT2D eigenvalue weighted by Crippen LogP contribution is -2.03. The SMILES string of the molecule is CCCc1nc(N)cc(Oc2ccc3c(c2)CCCC3)n1. The highest BCUT2D eigenvalue weighted by atomic mass is 16.5. The van der Waals surface area contributed by atoms with Gasteiger partial charge in [-0.05, 0) is 55.4 Å². The molecule has 0 saturated carbocycles. The van der Waals surface area contributed by atoms with Crippen molar-refractivity contribution in [2.75, 3.05) is 5.73 Å². The molecule has 0 saturated heterocycles. The van der Waals surface area contributed by atoms with Crippen LogP contribution in [0.3, 0.4) is 0 Å². The molecule has 0 bridgehead atoms. The van der Waals surface area contributed by atoms with Crippen molar-refractivity contribution < 1.29 is 4.74 Å². The highest BCUT2D eigenvalue weighted by Gasteiger charge is 2.11. The van der Waals surface area contributed by atoms with Crippen molar-refractivity contribution in [1.82, 2.24) is 9.97 Å². The molecule has 21 heavy (non-hydrogen) atoms. The molecule has 0 spiro atoms. The number of anilines is 1. The van der Waals surface area contributed by atoms with Crippen LogP contribution in [0.15, 0.2) is 24.3 Å². The summed E-state index contributed by atoms with van der Waals surface area (Å²) in [7, 11) is 0. The van der Waals surface area contributed by atoms with E-state index in [2.05, 4.69) is 29.0 Å². The first kappa shape index (κ1) is 13.9. The van der Waals surface area contributed by atoms with E-state index in [1.807, 2.05) is 6.07 Å². The third kappa shape index (κ3) is 3.32. The number of nitrogen functional groups attached to an aromatic ring is 1. The van der Waals surface area contributed by atoms with Gasteiger partial charge in [-0.1, -0.05) is 13.0 Å². The van der Waals surface area contributed by atoms with Crippen LogP contribution in [0.4, 0.5) is 5.82 Å². The van der Waals surface area contributed by atoms with Crippen LogP contribution in [0.1, 0.15) is 43.1 Å². The van der Waals surface area contributed by atoms with Crippen LogP contribution in [0.25, 0.3) is 0 Å². The maximum atomic E-state index is 5.88. The van der Waals surface area contributed by atoms with Gasteiger partial charge in [-0.3, -0.25) is 0 Å². The summed E-state index contributed by atoms with van der Waals surface area (Å²) in [5.41, 5.74) is 8.67. The Morgan fingerprint density at radius 3 is 2.71 bits per heavy atom. The van der Waals surface area contributed by atoms with Gasteiger partial charge in [0.15, 0.2) is 0 Å². The molecule has 4 nitrogen and oxygen atoms in total. The second-order valence-electron chi connectivity index (χ2n) is 5.54. The Balaban J connectivity index is 1.83. The summed E-state index contributed by atoms with van der Waals surface area (Å²) in [6.45, 7) is 2.09.